The number of carbonyl (C=O) groups excluding carboxylic acids is 1. The van der Waals surface area contributed by atoms with Crippen LogP contribution in [0.1, 0.15) is 15.9 Å². The molecule has 3 nitrogen and oxygen atoms in total. The molecule has 1 N–H and O–H groups in total. The number of para-hydroxylation sites is 1. The first-order valence-corrected chi connectivity index (χ1v) is 8.21. The van der Waals surface area contributed by atoms with Gasteiger partial charge < -0.3 is 9.67 Å². The molecule has 0 atom stereocenters. The average Bonchev–Trinajstić information content (AvgIpc) is 2.97. The van der Waals surface area contributed by atoms with Gasteiger partial charge in [0.2, 0.25) is 0 Å². The normalized spacial score (nSPS) is 10.9. The van der Waals surface area contributed by atoms with Crippen LogP contribution < -0.4 is 0 Å². The van der Waals surface area contributed by atoms with Crippen LogP contribution >= 0.6 is 11.6 Å². The molecule has 0 radical (unpaired) electrons. The Kier molecular flexibility index (Phi) is 3.79. The number of ketones is 1. The van der Waals surface area contributed by atoms with E-state index in [1.807, 2.05) is 36.4 Å². The minimum atomic E-state index is -0.0698. The Labute approximate surface area is 149 Å². The number of nitrogens with zero attached hydrogens (tertiary/aromatic N) is 1. The van der Waals surface area contributed by atoms with Gasteiger partial charge in [0.15, 0.2) is 5.78 Å². The van der Waals surface area contributed by atoms with E-state index < -0.39 is 0 Å². The summed E-state index contributed by atoms with van der Waals surface area (Å²) in [6, 6.07) is 21.8. The number of rotatable bonds is 3. The summed E-state index contributed by atoms with van der Waals surface area (Å²) in [5.74, 6) is 0.0770. The van der Waals surface area contributed by atoms with E-state index in [1.54, 1.807) is 47.2 Å². The van der Waals surface area contributed by atoms with Gasteiger partial charge in [-0.3, -0.25) is 4.79 Å². The number of benzene rings is 3. The molecule has 1 heterocycles. The molecule has 0 unspecified atom stereocenters. The molecule has 4 heteroatoms. The Morgan fingerprint density at radius 3 is 2.44 bits per heavy atom. The summed E-state index contributed by atoms with van der Waals surface area (Å²) >= 11 is 6.12. The quantitative estimate of drug-likeness (QED) is 0.516. The first kappa shape index (κ1) is 15.5. The molecule has 0 spiro atoms. The monoisotopic (exact) mass is 347 g/mol. The Balaban J connectivity index is 1.94. The summed E-state index contributed by atoms with van der Waals surface area (Å²) < 4.78 is 1.80. The predicted molar refractivity (Wildman–Crippen MR) is 99.8 cm³/mol. The number of hydrogen-bond donors (Lipinski definition) is 1. The van der Waals surface area contributed by atoms with Gasteiger partial charge in [0.05, 0.1) is 17.4 Å². The Bertz CT molecular complexity index is 1080. The lowest BCUT2D eigenvalue weighted by atomic mass is 10.0. The van der Waals surface area contributed by atoms with Crippen molar-refractivity contribution in [3.05, 3.63) is 95.1 Å². The number of aromatic nitrogens is 1. The summed E-state index contributed by atoms with van der Waals surface area (Å²) in [6.45, 7) is 0. The standard InChI is InChI=1S/C21H14ClNO2/c22-15-10-11-16-19(12-15)23(13-20(16)24)18-9-5-4-8-17(18)21(25)14-6-2-1-3-7-14/h1-13,24H. The number of hydrogen-bond acceptors (Lipinski definition) is 2. The van der Waals surface area contributed by atoms with Gasteiger partial charge in [-0.05, 0) is 30.3 Å². The van der Waals surface area contributed by atoms with E-state index in [0.29, 0.717) is 27.2 Å². The minimum absolute atomic E-state index is 0.0698. The van der Waals surface area contributed by atoms with Gasteiger partial charge in [0.25, 0.3) is 0 Å². The van der Waals surface area contributed by atoms with Crippen molar-refractivity contribution in [3.8, 4) is 11.4 Å². The van der Waals surface area contributed by atoms with Gasteiger partial charge in [-0.25, -0.2) is 0 Å². The van der Waals surface area contributed by atoms with E-state index in [4.69, 9.17) is 11.6 Å². The van der Waals surface area contributed by atoms with Crippen LogP contribution in [0, 0.1) is 0 Å². The van der Waals surface area contributed by atoms with Crippen molar-refractivity contribution >= 4 is 28.3 Å². The number of halogens is 1. The first-order chi connectivity index (χ1) is 12.1. The zero-order valence-electron chi connectivity index (χ0n) is 13.2. The molecular weight excluding hydrogens is 334 g/mol. The van der Waals surface area contributed by atoms with E-state index in [1.165, 1.54) is 0 Å². The second kappa shape index (κ2) is 6.11. The highest BCUT2D eigenvalue weighted by molar-refractivity contribution is 6.31. The van der Waals surface area contributed by atoms with E-state index in [0.717, 1.165) is 5.52 Å². The molecule has 1 aromatic heterocycles. The zero-order chi connectivity index (χ0) is 17.4. The molecule has 0 saturated carbocycles. The van der Waals surface area contributed by atoms with Crippen LogP contribution in [0.15, 0.2) is 79.0 Å². The zero-order valence-corrected chi connectivity index (χ0v) is 13.9. The Morgan fingerprint density at radius 2 is 1.64 bits per heavy atom. The van der Waals surface area contributed by atoms with Crippen molar-refractivity contribution < 1.29 is 9.90 Å². The molecule has 4 aromatic rings. The predicted octanol–water partition coefficient (Wildman–Crippen LogP) is 5.22. The third kappa shape index (κ3) is 2.69. The molecule has 25 heavy (non-hydrogen) atoms. The fourth-order valence-corrected chi connectivity index (χ4v) is 3.17. The SMILES string of the molecule is O=C(c1ccccc1)c1ccccc1-n1cc(O)c2ccc(Cl)cc21. The van der Waals surface area contributed by atoms with Crippen molar-refractivity contribution in [1.29, 1.82) is 0 Å². The second-order valence-corrected chi connectivity index (χ2v) is 6.19. The van der Waals surface area contributed by atoms with Crippen LogP contribution in [-0.2, 0) is 0 Å². The lowest BCUT2D eigenvalue weighted by molar-refractivity contribution is 0.103. The number of fused-ring (bicyclic) bond motifs is 1. The van der Waals surface area contributed by atoms with Crippen LogP contribution in [0.4, 0.5) is 0 Å². The van der Waals surface area contributed by atoms with Crippen molar-refractivity contribution in [2.75, 3.05) is 0 Å². The highest BCUT2D eigenvalue weighted by atomic mass is 35.5. The lowest BCUT2D eigenvalue weighted by Gasteiger charge is -2.11. The third-order valence-electron chi connectivity index (χ3n) is 4.19. The molecule has 0 aliphatic heterocycles. The summed E-state index contributed by atoms with van der Waals surface area (Å²) in [5.41, 5.74) is 2.63. The minimum Gasteiger partial charge on any atom is -0.506 e. The molecular formula is C21H14ClNO2. The summed E-state index contributed by atoms with van der Waals surface area (Å²) in [4.78, 5) is 12.9. The molecule has 0 fully saturated rings. The van der Waals surface area contributed by atoms with E-state index in [2.05, 4.69) is 0 Å². The Hall–Kier alpha value is -3.04. The molecule has 4 rings (SSSR count). The molecule has 122 valence electrons. The highest BCUT2D eigenvalue weighted by Gasteiger charge is 2.17. The van der Waals surface area contributed by atoms with Crippen LogP contribution in [-0.4, -0.2) is 15.5 Å². The fourth-order valence-electron chi connectivity index (χ4n) is 3.00. The lowest BCUT2D eigenvalue weighted by Crippen LogP contribution is -2.06. The molecule has 0 saturated heterocycles. The van der Waals surface area contributed by atoms with Crippen LogP contribution in [0.5, 0.6) is 5.75 Å². The van der Waals surface area contributed by atoms with Gasteiger partial charge >= 0.3 is 0 Å². The Morgan fingerprint density at radius 1 is 0.920 bits per heavy atom. The fraction of sp³-hybridized carbons (Fsp3) is 0. The maximum atomic E-state index is 12.9. The number of aromatic hydroxyl groups is 1. The maximum Gasteiger partial charge on any atom is 0.195 e. The smallest absolute Gasteiger partial charge is 0.195 e. The molecule has 0 aliphatic carbocycles. The van der Waals surface area contributed by atoms with Crippen LogP contribution in [0.2, 0.25) is 5.02 Å². The van der Waals surface area contributed by atoms with Gasteiger partial charge in [-0.1, -0.05) is 54.1 Å². The third-order valence-corrected chi connectivity index (χ3v) is 4.43. The first-order valence-electron chi connectivity index (χ1n) is 7.84. The van der Waals surface area contributed by atoms with E-state index in [-0.39, 0.29) is 11.5 Å². The summed E-state index contributed by atoms with van der Waals surface area (Å²) in [7, 11) is 0. The summed E-state index contributed by atoms with van der Waals surface area (Å²) in [6.07, 6.45) is 1.61. The van der Waals surface area contributed by atoms with Gasteiger partial charge in [0.1, 0.15) is 5.75 Å². The highest BCUT2D eigenvalue weighted by Crippen LogP contribution is 2.33. The summed E-state index contributed by atoms with van der Waals surface area (Å²) in [5, 5.41) is 11.5. The number of carbonyl (C=O) groups is 1. The van der Waals surface area contributed by atoms with Crippen molar-refractivity contribution in [1.82, 2.24) is 4.57 Å². The largest absolute Gasteiger partial charge is 0.506 e. The van der Waals surface area contributed by atoms with Crippen molar-refractivity contribution in [2.45, 2.75) is 0 Å². The van der Waals surface area contributed by atoms with Crippen molar-refractivity contribution in [3.63, 3.8) is 0 Å². The van der Waals surface area contributed by atoms with Gasteiger partial charge in [-0.2, -0.15) is 0 Å². The molecule has 0 bridgehead atoms. The maximum absolute atomic E-state index is 12.9. The average molecular weight is 348 g/mol. The van der Waals surface area contributed by atoms with Crippen LogP contribution in [0.25, 0.3) is 16.6 Å². The molecule has 3 aromatic carbocycles. The van der Waals surface area contributed by atoms with Gasteiger partial charge in [-0.15, -0.1) is 0 Å². The van der Waals surface area contributed by atoms with Crippen molar-refractivity contribution in [2.24, 2.45) is 0 Å². The topological polar surface area (TPSA) is 42.2 Å². The van der Waals surface area contributed by atoms with E-state index >= 15 is 0 Å². The molecule has 0 amide bonds. The molecule has 0 aliphatic rings. The van der Waals surface area contributed by atoms with E-state index in [9.17, 15) is 9.90 Å². The second-order valence-electron chi connectivity index (χ2n) is 5.76. The van der Waals surface area contributed by atoms with Gasteiger partial charge in [0, 0.05) is 21.5 Å². The van der Waals surface area contributed by atoms with Crippen LogP contribution in [0.3, 0.4) is 0 Å².